The summed E-state index contributed by atoms with van der Waals surface area (Å²) in [6.07, 6.45) is 6.88. The molecule has 22 heavy (non-hydrogen) atoms. The Balaban J connectivity index is 2.60. The van der Waals surface area contributed by atoms with Gasteiger partial charge in [0.15, 0.2) is 0 Å². The summed E-state index contributed by atoms with van der Waals surface area (Å²) >= 11 is 6.28. The van der Waals surface area contributed by atoms with Gasteiger partial charge in [-0.1, -0.05) is 63.3 Å². The average molecular weight is 326 g/mol. The van der Waals surface area contributed by atoms with Crippen LogP contribution in [0.4, 0.5) is 0 Å². The van der Waals surface area contributed by atoms with Gasteiger partial charge in [-0.3, -0.25) is 0 Å². The van der Waals surface area contributed by atoms with E-state index in [0.29, 0.717) is 11.6 Å². The average Bonchev–Trinajstić information content (AvgIpc) is 2.47. The quantitative estimate of drug-likeness (QED) is 0.553. The van der Waals surface area contributed by atoms with Crippen LogP contribution in [-0.2, 0) is 0 Å². The van der Waals surface area contributed by atoms with Gasteiger partial charge in [0, 0.05) is 17.1 Å². The third-order valence-corrected chi connectivity index (χ3v) is 4.43. The second-order valence-electron chi connectivity index (χ2n) is 6.26. The topological polar surface area (TPSA) is 23.5 Å². The minimum atomic E-state index is -0.503. The molecule has 0 saturated heterocycles. The van der Waals surface area contributed by atoms with Crippen molar-refractivity contribution in [3.8, 4) is 0 Å². The molecular formula is C19H32ClNO. The number of hydrogen-bond acceptors (Lipinski definition) is 2. The third kappa shape index (κ3) is 7.13. The van der Waals surface area contributed by atoms with Gasteiger partial charge in [0.2, 0.25) is 0 Å². The number of rotatable bonds is 11. The van der Waals surface area contributed by atoms with E-state index in [-0.39, 0.29) is 0 Å². The van der Waals surface area contributed by atoms with Gasteiger partial charge in [-0.15, -0.1) is 0 Å². The summed E-state index contributed by atoms with van der Waals surface area (Å²) < 4.78 is 0. The van der Waals surface area contributed by atoms with Crippen LogP contribution in [0.1, 0.15) is 69.6 Å². The molecule has 1 aromatic rings. The predicted molar refractivity (Wildman–Crippen MR) is 96.6 cm³/mol. The zero-order chi connectivity index (χ0) is 16.4. The largest absolute Gasteiger partial charge is 0.387 e. The van der Waals surface area contributed by atoms with E-state index in [1.807, 2.05) is 25.1 Å². The van der Waals surface area contributed by atoms with Crippen LogP contribution in [0.5, 0.6) is 0 Å². The van der Waals surface area contributed by atoms with E-state index in [2.05, 4.69) is 18.7 Å². The maximum Gasteiger partial charge on any atom is 0.0931 e. The Hall–Kier alpha value is -0.570. The van der Waals surface area contributed by atoms with Crippen molar-refractivity contribution in [2.75, 3.05) is 19.6 Å². The first-order valence-corrected chi connectivity index (χ1v) is 9.12. The maximum absolute atomic E-state index is 10.5. The Labute approximate surface area is 141 Å². The van der Waals surface area contributed by atoms with E-state index < -0.39 is 6.10 Å². The number of nitrogens with zero attached hydrogens (tertiary/aromatic N) is 1. The van der Waals surface area contributed by atoms with Crippen molar-refractivity contribution in [3.05, 3.63) is 34.3 Å². The number of benzene rings is 1. The van der Waals surface area contributed by atoms with Crippen molar-refractivity contribution < 1.29 is 5.11 Å². The Bertz CT molecular complexity index is 412. The smallest absolute Gasteiger partial charge is 0.0931 e. The molecule has 0 bridgehead atoms. The molecule has 0 aliphatic heterocycles. The summed E-state index contributed by atoms with van der Waals surface area (Å²) in [6, 6.07) is 5.90. The van der Waals surface area contributed by atoms with Crippen molar-refractivity contribution in [1.29, 1.82) is 0 Å². The molecule has 1 N–H and O–H groups in total. The normalized spacial score (nSPS) is 12.8. The molecule has 0 saturated carbocycles. The van der Waals surface area contributed by atoms with E-state index >= 15 is 0 Å². The summed E-state index contributed by atoms with van der Waals surface area (Å²) in [5, 5.41) is 11.2. The van der Waals surface area contributed by atoms with Crippen LogP contribution in [0.15, 0.2) is 18.2 Å². The molecule has 0 aromatic heterocycles. The highest BCUT2D eigenvalue weighted by Gasteiger charge is 2.16. The summed E-state index contributed by atoms with van der Waals surface area (Å²) in [7, 11) is 0. The second-order valence-corrected chi connectivity index (χ2v) is 6.66. The van der Waals surface area contributed by atoms with Crippen LogP contribution in [0.2, 0.25) is 5.02 Å². The monoisotopic (exact) mass is 325 g/mol. The lowest BCUT2D eigenvalue weighted by Gasteiger charge is -2.25. The highest BCUT2D eigenvalue weighted by Crippen LogP contribution is 2.25. The fourth-order valence-corrected chi connectivity index (χ4v) is 3.07. The first-order chi connectivity index (χ1) is 10.6. The van der Waals surface area contributed by atoms with Gasteiger partial charge in [-0.05, 0) is 44.5 Å². The van der Waals surface area contributed by atoms with Gasteiger partial charge in [-0.25, -0.2) is 0 Å². The maximum atomic E-state index is 10.5. The Kier molecular flexibility index (Phi) is 9.77. The van der Waals surface area contributed by atoms with Crippen LogP contribution >= 0.6 is 11.6 Å². The fourth-order valence-electron chi connectivity index (χ4n) is 2.71. The summed E-state index contributed by atoms with van der Waals surface area (Å²) in [4.78, 5) is 2.40. The van der Waals surface area contributed by atoms with Crippen molar-refractivity contribution in [1.82, 2.24) is 4.90 Å². The van der Waals surface area contributed by atoms with Crippen molar-refractivity contribution in [2.24, 2.45) is 0 Å². The molecule has 3 heteroatoms. The molecule has 1 atom stereocenters. The second kappa shape index (κ2) is 11.0. The van der Waals surface area contributed by atoms with Gasteiger partial charge in [0.25, 0.3) is 0 Å². The molecule has 0 spiro atoms. The lowest BCUT2D eigenvalue weighted by Crippen LogP contribution is -2.31. The first-order valence-electron chi connectivity index (χ1n) is 8.75. The number of hydrogen-bond donors (Lipinski definition) is 1. The molecule has 0 amide bonds. The molecule has 0 radical (unpaired) electrons. The molecule has 1 rings (SSSR count). The summed E-state index contributed by atoms with van der Waals surface area (Å²) in [5.41, 5.74) is 1.98. The SMILES string of the molecule is CCCCCN(CCCCC)CC(O)c1ccc(C)cc1Cl. The molecule has 0 aliphatic carbocycles. The van der Waals surface area contributed by atoms with Gasteiger partial charge in [-0.2, -0.15) is 0 Å². The highest BCUT2D eigenvalue weighted by atomic mass is 35.5. The van der Waals surface area contributed by atoms with Gasteiger partial charge in [0.05, 0.1) is 6.10 Å². The van der Waals surface area contributed by atoms with E-state index in [9.17, 15) is 5.11 Å². The van der Waals surface area contributed by atoms with Crippen LogP contribution in [-0.4, -0.2) is 29.6 Å². The molecule has 0 aliphatic rings. The van der Waals surface area contributed by atoms with Gasteiger partial charge < -0.3 is 10.0 Å². The van der Waals surface area contributed by atoms with Crippen molar-refractivity contribution >= 4 is 11.6 Å². The van der Waals surface area contributed by atoms with Gasteiger partial charge >= 0.3 is 0 Å². The lowest BCUT2D eigenvalue weighted by molar-refractivity contribution is 0.110. The molecule has 1 aromatic carbocycles. The molecule has 2 nitrogen and oxygen atoms in total. The minimum absolute atomic E-state index is 0.503. The van der Waals surface area contributed by atoms with Crippen LogP contribution in [0, 0.1) is 6.92 Å². The van der Waals surface area contributed by atoms with Crippen LogP contribution in [0.3, 0.4) is 0 Å². The Morgan fingerprint density at radius 1 is 1.05 bits per heavy atom. The highest BCUT2D eigenvalue weighted by molar-refractivity contribution is 6.31. The minimum Gasteiger partial charge on any atom is -0.387 e. The third-order valence-electron chi connectivity index (χ3n) is 4.10. The lowest BCUT2D eigenvalue weighted by atomic mass is 10.1. The molecule has 0 heterocycles. The zero-order valence-electron chi connectivity index (χ0n) is 14.4. The van der Waals surface area contributed by atoms with E-state index in [1.54, 1.807) is 0 Å². The summed E-state index contributed by atoms with van der Waals surface area (Å²) in [5.74, 6) is 0. The number of aliphatic hydroxyl groups is 1. The number of halogens is 1. The zero-order valence-corrected chi connectivity index (χ0v) is 15.2. The molecule has 0 fully saturated rings. The Morgan fingerprint density at radius 3 is 2.14 bits per heavy atom. The van der Waals surface area contributed by atoms with Crippen molar-refractivity contribution in [2.45, 2.75) is 65.4 Å². The predicted octanol–water partition coefficient (Wildman–Crippen LogP) is 5.36. The van der Waals surface area contributed by atoms with E-state index in [0.717, 1.165) is 24.2 Å². The summed E-state index contributed by atoms with van der Waals surface area (Å²) in [6.45, 7) is 9.28. The molecule has 126 valence electrons. The fraction of sp³-hybridized carbons (Fsp3) is 0.684. The Morgan fingerprint density at radius 2 is 1.64 bits per heavy atom. The van der Waals surface area contributed by atoms with E-state index in [1.165, 1.54) is 38.5 Å². The van der Waals surface area contributed by atoms with Crippen LogP contribution < -0.4 is 0 Å². The standard InChI is InChI=1S/C19H32ClNO/c1-4-6-8-12-21(13-9-7-5-2)15-19(22)17-11-10-16(3)14-18(17)20/h10-11,14,19,22H,4-9,12-13,15H2,1-3H3. The number of aliphatic hydroxyl groups excluding tert-OH is 1. The molecule has 1 unspecified atom stereocenters. The number of aryl methyl sites for hydroxylation is 1. The number of unbranched alkanes of at least 4 members (excludes halogenated alkanes) is 4. The van der Waals surface area contributed by atoms with Crippen LogP contribution in [0.25, 0.3) is 0 Å². The van der Waals surface area contributed by atoms with E-state index in [4.69, 9.17) is 11.6 Å². The first kappa shape index (κ1) is 19.5. The molecular weight excluding hydrogens is 294 g/mol. The van der Waals surface area contributed by atoms with Gasteiger partial charge in [0.1, 0.15) is 0 Å². The van der Waals surface area contributed by atoms with Crippen molar-refractivity contribution in [3.63, 3.8) is 0 Å².